The summed E-state index contributed by atoms with van der Waals surface area (Å²) in [6.45, 7) is 7.30. The Hall–Kier alpha value is -1.78. The molecule has 1 aromatic heterocycles. The van der Waals surface area contributed by atoms with Crippen LogP contribution < -0.4 is 15.0 Å². The molecule has 1 N–H and O–H groups in total. The molecule has 1 aromatic rings. The van der Waals surface area contributed by atoms with Crippen molar-refractivity contribution in [2.45, 2.75) is 26.8 Å². The van der Waals surface area contributed by atoms with Crippen LogP contribution in [0.1, 0.15) is 20.8 Å². The molecule has 2 rings (SSSR count). The van der Waals surface area contributed by atoms with Crippen molar-refractivity contribution >= 4 is 11.7 Å². The molecular weight excluding hydrogens is 242 g/mol. The fourth-order valence-corrected chi connectivity index (χ4v) is 1.92. The molecule has 0 radical (unpaired) electrons. The zero-order valence-corrected chi connectivity index (χ0v) is 11.9. The summed E-state index contributed by atoms with van der Waals surface area (Å²) < 4.78 is 5.28. The van der Waals surface area contributed by atoms with Gasteiger partial charge in [-0.3, -0.25) is 4.79 Å². The summed E-state index contributed by atoms with van der Waals surface area (Å²) in [5.74, 6) is 1.69. The molecule has 0 aromatic carbocycles. The van der Waals surface area contributed by atoms with Crippen molar-refractivity contribution in [1.82, 2.24) is 10.3 Å². The normalized spacial score (nSPS) is 15.9. The van der Waals surface area contributed by atoms with Crippen molar-refractivity contribution in [1.29, 1.82) is 0 Å². The van der Waals surface area contributed by atoms with E-state index in [4.69, 9.17) is 4.74 Å². The summed E-state index contributed by atoms with van der Waals surface area (Å²) in [6.07, 6.45) is 1.75. The predicted molar refractivity (Wildman–Crippen MR) is 74.4 cm³/mol. The Bertz CT molecular complexity index is 462. The molecular formula is C14H21N3O2. The molecule has 19 heavy (non-hydrogen) atoms. The molecule has 0 atom stereocenters. The third kappa shape index (κ3) is 2.97. The van der Waals surface area contributed by atoms with Gasteiger partial charge in [0.25, 0.3) is 0 Å². The number of nitrogens with zero attached hydrogens (tertiary/aromatic N) is 2. The number of ether oxygens (including phenoxy) is 1. The molecule has 0 spiro atoms. The van der Waals surface area contributed by atoms with E-state index in [-0.39, 0.29) is 17.4 Å². The third-order valence-corrected chi connectivity index (χ3v) is 3.17. The second-order valence-electron chi connectivity index (χ2n) is 5.85. The van der Waals surface area contributed by atoms with Crippen LogP contribution in [-0.2, 0) is 4.79 Å². The van der Waals surface area contributed by atoms with Crippen molar-refractivity contribution in [3.8, 4) is 5.75 Å². The lowest BCUT2D eigenvalue weighted by atomic mass is 9.94. The quantitative estimate of drug-likeness (QED) is 0.896. The lowest BCUT2D eigenvalue weighted by Gasteiger charge is -2.41. The van der Waals surface area contributed by atoms with Crippen molar-refractivity contribution in [3.05, 3.63) is 18.3 Å². The molecule has 0 unspecified atom stereocenters. The number of carbonyl (C=O) groups is 1. The fraction of sp³-hybridized carbons (Fsp3) is 0.571. The van der Waals surface area contributed by atoms with Gasteiger partial charge in [0.15, 0.2) is 11.6 Å². The maximum atomic E-state index is 11.9. The van der Waals surface area contributed by atoms with Crippen molar-refractivity contribution in [3.63, 3.8) is 0 Å². The highest BCUT2D eigenvalue weighted by atomic mass is 16.5. The highest BCUT2D eigenvalue weighted by Gasteiger charge is 2.33. The summed E-state index contributed by atoms with van der Waals surface area (Å²) in [5.41, 5.74) is -0.344. The molecule has 1 saturated heterocycles. The largest absolute Gasteiger partial charge is 0.493 e. The first-order valence-corrected chi connectivity index (χ1v) is 6.46. The molecule has 5 heteroatoms. The molecule has 104 valence electrons. The summed E-state index contributed by atoms with van der Waals surface area (Å²) in [6, 6.07) is 3.93. The minimum Gasteiger partial charge on any atom is -0.493 e. The summed E-state index contributed by atoms with van der Waals surface area (Å²) >= 11 is 0. The Kier molecular flexibility index (Phi) is 3.64. The van der Waals surface area contributed by atoms with E-state index in [1.165, 1.54) is 0 Å². The first-order chi connectivity index (χ1) is 8.91. The van der Waals surface area contributed by atoms with Crippen LogP contribution in [0, 0.1) is 5.41 Å². The number of aromatic nitrogens is 1. The van der Waals surface area contributed by atoms with E-state index in [2.05, 4.69) is 15.2 Å². The lowest BCUT2D eigenvalue weighted by molar-refractivity contribution is -0.129. The van der Waals surface area contributed by atoms with Crippen LogP contribution in [0.25, 0.3) is 0 Å². The van der Waals surface area contributed by atoms with Crippen LogP contribution in [0.3, 0.4) is 0 Å². The van der Waals surface area contributed by atoms with E-state index in [0.717, 1.165) is 24.7 Å². The van der Waals surface area contributed by atoms with E-state index in [0.29, 0.717) is 0 Å². The predicted octanol–water partition coefficient (Wildman–Crippen LogP) is 1.44. The van der Waals surface area contributed by atoms with E-state index >= 15 is 0 Å². The molecule has 1 amide bonds. The van der Waals surface area contributed by atoms with Gasteiger partial charge in [0, 0.05) is 24.7 Å². The van der Waals surface area contributed by atoms with E-state index in [1.807, 2.05) is 32.9 Å². The van der Waals surface area contributed by atoms with Gasteiger partial charge < -0.3 is 15.0 Å². The zero-order valence-electron chi connectivity index (χ0n) is 11.9. The van der Waals surface area contributed by atoms with E-state index in [1.54, 1.807) is 13.3 Å². The summed E-state index contributed by atoms with van der Waals surface area (Å²) in [7, 11) is 1.64. The number of amides is 1. The molecule has 1 aliphatic heterocycles. The van der Waals surface area contributed by atoms with Crippen LogP contribution in [0.2, 0.25) is 0 Å². The molecule has 1 fully saturated rings. The maximum Gasteiger partial charge on any atom is 0.225 e. The van der Waals surface area contributed by atoms with Crippen molar-refractivity contribution in [2.24, 2.45) is 5.41 Å². The number of nitrogens with one attached hydrogen (secondary N) is 1. The average Bonchev–Trinajstić information content (AvgIpc) is 2.31. The third-order valence-electron chi connectivity index (χ3n) is 3.17. The van der Waals surface area contributed by atoms with Crippen molar-refractivity contribution in [2.75, 3.05) is 25.1 Å². The van der Waals surface area contributed by atoms with Crippen LogP contribution >= 0.6 is 0 Å². The fourth-order valence-electron chi connectivity index (χ4n) is 1.92. The summed E-state index contributed by atoms with van der Waals surface area (Å²) in [4.78, 5) is 18.3. The van der Waals surface area contributed by atoms with E-state index < -0.39 is 0 Å². The highest BCUT2D eigenvalue weighted by molar-refractivity contribution is 5.82. The molecule has 2 heterocycles. The molecule has 1 aliphatic rings. The second-order valence-corrected chi connectivity index (χ2v) is 5.85. The van der Waals surface area contributed by atoms with Crippen molar-refractivity contribution < 1.29 is 9.53 Å². The topological polar surface area (TPSA) is 54.5 Å². The Balaban J connectivity index is 1.91. The highest BCUT2D eigenvalue weighted by Crippen LogP contribution is 2.28. The van der Waals surface area contributed by atoms with Gasteiger partial charge in [0.2, 0.25) is 5.91 Å². The number of methoxy groups -OCH3 is 1. The Labute approximate surface area is 114 Å². The SMILES string of the molecule is COc1cccnc1N1CC(NC(=O)C(C)(C)C)C1. The molecule has 5 nitrogen and oxygen atoms in total. The van der Waals surface area contributed by atoms with Gasteiger partial charge in [-0.15, -0.1) is 0 Å². The minimum absolute atomic E-state index is 0.0881. The van der Waals surface area contributed by atoms with Crippen LogP contribution in [-0.4, -0.2) is 37.1 Å². The first kappa shape index (κ1) is 13.6. The number of anilines is 1. The smallest absolute Gasteiger partial charge is 0.225 e. The first-order valence-electron chi connectivity index (χ1n) is 6.46. The van der Waals surface area contributed by atoms with Gasteiger partial charge in [-0.05, 0) is 12.1 Å². The van der Waals surface area contributed by atoms with Crippen LogP contribution in [0.5, 0.6) is 5.75 Å². The lowest BCUT2D eigenvalue weighted by Crippen LogP contribution is -2.61. The second kappa shape index (κ2) is 5.07. The van der Waals surface area contributed by atoms with Gasteiger partial charge in [-0.25, -0.2) is 4.98 Å². The average molecular weight is 263 g/mol. The molecule has 0 bridgehead atoms. The number of hydrogen-bond donors (Lipinski definition) is 1. The maximum absolute atomic E-state index is 11.9. The zero-order chi connectivity index (χ0) is 14.0. The monoisotopic (exact) mass is 263 g/mol. The Morgan fingerprint density at radius 1 is 1.47 bits per heavy atom. The number of rotatable bonds is 3. The van der Waals surface area contributed by atoms with Gasteiger partial charge in [-0.1, -0.05) is 20.8 Å². The summed E-state index contributed by atoms with van der Waals surface area (Å²) in [5, 5.41) is 3.04. The minimum atomic E-state index is -0.344. The number of hydrogen-bond acceptors (Lipinski definition) is 4. The number of pyridine rings is 1. The Morgan fingerprint density at radius 3 is 2.74 bits per heavy atom. The number of carbonyl (C=O) groups excluding carboxylic acids is 1. The standard InChI is InChI=1S/C14H21N3O2/c1-14(2,3)13(18)16-10-8-17(9-10)12-11(19-4)6-5-7-15-12/h5-7,10H,8-9H2,1-4H3,(H,16,18). The van der Waals surface area contributed by atoms with E-state index in [9.17, 15) is 4.79 Å². The molecule has 0 aliphatic carbocycles. The van der Waals surface area contributed by atoms with Gasteiger partial charge in [-0.2, -0.15) is 0 Å². The van der Waals surface area contributed by atoms with Crippen LogP contribution in [0.15, 0.2) is 18.3 Å². The van der Waals surface area contributed by atoms with Gasteiger partial charge >= 0.3 is 0 Å². The van der Waals surface area contributed by atoms with Gasteiger partial charge in [0.05, 0.1) is 13.2 Å². The molecule has 0 saturated carbocycles. The Morgan fingerprint density at radius 2 is 2.16 bits per heavy atom. The van der Waals surface area contributed by atoms with Gasteiger partial charge in [0.1, 0.15) is 0 Å². The van der Waals surface area contributed by atoms with Crippen LogP contribution in [0.4, 0.5) is 5.82 Å².